The Bertz CT molecular complexity index is 1270. The van der Waals surface area contributed by atoms with Crippen LogP contribution in [0.1, 0.15) is 212 Å². The molecule has 6 nitrogen and oxygen atoms in total. The van der Waals surface area contributed by atoms with Gasteiger partial charge in [-0.25, -0.2) is 9.59 Å². The van der Waals surface area contributed by atoms with E-state index in [0.29, 0.717) is 12.2 Å². The van der Waals surface area contributed by atoms with Crippen LogP contribution in [0.25, 0.3) is 17.2 Å². The molecule has 0 fully saturated rings. The second-order valence-corrected chi connectivity index (χ2v) is 14.6. The fraction of sp³-hybridized carbons (Fsp3) is 0.727. The van der Waals surface area contributed by atoms with Gasteiger partial charge in [0, 0.05) is 18.6 Å². The third-order valence-corrected chi connectivity index (χ3v) is 9.96. The third kappa shape index (κ3) is 19.6. The van der Waals surface area contributed by atoms with Gasteiger partial charge in [-0.05, 0) is 25.3 Å². The summed E-state index contributed by atoms with van der Waals surface area (Å²) in [6.45, 7) is 4.52. The minimum atomic E-state index is -0.886. The van der Waals surface area contributed by atoms with Crippen LogP contribution in [0.5, 0.6) is 11.5 Å². The van der Waals surface area contributed by atoms with Gasteiger partial charge >= 0.3 is 11.3 Å². The maximum atomic E-state index is 12.8. The standard InChI is InChI=1S/C44H72O6/c1-3-5-7-9-11-13-15-17-19-21-23-25-27-29-31-33-37-35-39(45)41(43(47)49-37)42-40(46)36-38(50-44(42)48)34-32-30-28-26-24-22-20-18-16-14-12-10-8-6-4-2/h31,33,35-36,45-46H,3-30,32,34H2,1-2H3. The summed E-state index contributed by atoms with van der Waals surface area (Å²) in [5.41, 5.74) is -2.47. The number of aryl methyl sites for hydroxylation is 1. The van der Waals surface area contributed by atoms with E-state index in [9.17, 15) is 19.8 Å². The van der Waals surface area contributed by atoms with Crippen LogP contribution >= 0.6 is 0 Å². The van der Waals surface area contributed by atoms with Crippen molar-refractivity contribution in [2.24, 2.45) is 0 Å². The van der Waals surface area contributed by atoms with Gasteiger partial charge in [0.2, 0.25) is 0 Å². The fourth-order valence-corrected chi connectivity index (χ4v) is 6.84. The molecule has 0 unspecified atom stereocenters. The topological polar surface area (TPSA) is 101 Å². The lowest BCUT2D eigenvalue weighted by Crippen LogP contribution is -2.12. The summed E-state index contributed by atoms with van der Waals surface area (Å²) in [6, 6.07) is 2.68. The Morgan fingerprint density at radius 2 is 0.840 bits per heavy atom. The van der Waals surface area contributed by atoms with Crippen molar-refractivity contribution in [1.82, 2.24) is 0 Å². The molecule has 0 aliphatic rings. The molecule has 0 aliphatic heterocycles. The van der Waals surface area contributed by atoms with Crippen molar-refractivity contribution in [2.75, 3.05) is 0 Å². The summed E-state index contributed by atoms with van der Waals surface area (Å²) in [4.78, 5) is 25.6. The largest absolute Gasteiger partial charge is 0.507 e. The normalized spacial score (nSPS) is 11.6. The molecular weight excluding hydrogens is 624 g/mol. The molecule has 0 saturated carbocycles. The zero-order valence-corrected chi connectivity index (χ0v) is 32.1. The Kier molecular flexibility index (Phi) is 25.1. The lowest BCUT2D eigenvalue weighted by atomic mass is 10.0. The molecule has 0 saturated heterocycles. The van der Waals surface area contributed by atoms with Gasteiger partial charge in [0.05, 0.1) is 0 Å². The summed E-state index contributed by atoms with van der Waals surface area (Å²) in [7, 11) is 0. The molecule has 0 aromatic carbocycles. The number of aromatic hydroxyl groups is 2. The molecule has 2 rings (SSSR count). The van der Waals surface area contributed by atoms with Gasteiger partial charge in [0.25, 0.3) is 0 Å². The van der Waals surface area contributed by atoms with Gasteiger partial charge in [-0.2, -0.15) is 0 Å². The summed E-state index contributed by atoms with van der Waals surface area (Å²) >= 11 is 0. The van der Waals surface area contributed by atoms with Crippen molar-refractivity contribution < 1.29 is 19.0 Å². The van der Waals surface area contributed by atoms with Crippen LogP contribution in [0, 0.1) is 0 Å². The molecule has 0 bridgehead atoms. The Morgan fingerprint density at radius 3 is 1.24 bits per heavy atom. The van der Waals surface area contributed by atoms with E-state index in [1.807, 2.05) is 6.08 Å². The molecule has 2 N–H and O–H groups in total. The van der Waals surface area contributed by atoms with E-state index in [1.165, 1.54) is 166 Å². The van der Waals surface area contributed by atoms with Crippen molar-refractivity contribution in [1.29, 1.82) is 0 Å². The number of unbranched alkanes of at least 4 members (excludes halogenated alkanes) is 27. The van der Waals surface area contributed by atoms with Gasteiger partial charge < -0.3 is 19.0 Å². The lowest BCUT2D eigenvalue weighted by Gasteiger charge is -2.07. The van der Waals surface area contributed by atoms with E-state index in [-0.39, 0.29) is 22.6 Å². The highest BCUT2D eigenvalue weighted by Gasteiger charge is 2.22. The zero-order chi connectivity index (χ0) is 36.1. The molecule has 284 valence electrons. The summed E-state index contributed by atoms with van der Waals surface area (Å²) in [5, 5.41) is 21.3. The average molecular weight is 697 g/mol. The first kappa shape index (κ1) is 43.4. The minimum Gasteiger partial charge on any atom is -0.507 e. The fourth-order valence-electron chi connectivity index (χ4n) is 6.84. The molecular formula is C44H72O6. The first-order chi connectivity index (χ1) is 24.5. The van der Waals surface area contributed by atoms with E-state index in [0.717, 1.165) is 32.1 Å². The zero-order valence-electron chi connectivity index (χ0n) is 32.1. The Hall–Kier alpha value is -2.76. The first-order valence-electron chi connectivity index (χ1n) is 20.9. The molecule has 0 radical (unpaired) electrons. The van der Waals surface area contributed by atoms with E-state index in [2.05, 4.69) is 13.8 Å². The van der Waals surface area contributed by atoms with Gasteiger partial charge in [0.1, 0.15) is 34.1 Å². The number of hydrogen-bond donors (Lipinski definition) is 2. The van der Waals surface area contributed by atoms with Crippen LogP contribution < -0.4 is 11.3 Å². The molecule has 6 heteroatoms. The second kappa shape index (κ2) is 28.9. The lowest BCUT2D eigenvalue weighted by molar-refractivity contribution is 0.415. The SMILES string of the molecule is CCCCCCCCCCCCCCCC=Cc1cc(O)c(-c2c(O)cc(CCCCCCCCCCCCCCCCC)oc2=O)c(=O)o1. The average Bonchev–Trinajstić information content (AvgIpc) is 3.09. The maximum absolute atomic E-state index is 12.8. The summed E-state index contributed by atoms with van der Waals surface area (Å²) < 4.78 is 10.8. The van der Waals surface area contributed by atoms with E-state index < -0.39 is 17.0 Å². The van der Waals surface area contributed by atoms with Crippen molar-refractivity contribution in [2.45, 2.75) is 206 Å². The second-order valence-electron chi connectivity index (χ2n) is 14.6. The van der Waals surface area contributed by atoms with E-state index >= 15 is 0 Å². The first-order valence-corrected chi connectivity index (χ1v) is 20.9. The van der Waals surface area contributed by atoms with Crippen LogP contribution in [0.15, 0.2) is 36.6 Å². The molecule has 0 atom stereocenters. The molecule has 0 aliphatic carbocycles. The minimum absolute atomic E-state index is 0.208. The molecule has 50 heavy (non-hydrogen) atoms. The van der Waals surface area contributed by atoms with Crippen molar-refractivity contribution >= 4 is 6.08 Å². The number of hydrogen-bond acceptors (Lipinski definition) is 6. The molecule has 2 heterocycles. The van der Waals surface area contributed by atoms with Crippen LogP contribution in [0.4, 0.5) is 0 Å². The van der Waals surface area contributed by atoms with Crippen molar-refractivity contribution in [3.05, 3.63) is 50.6 Å². The Labute approximate surface area is 304 Å². The van der Waals surface area contributed by atoms with Crippen LogP contribution in [-0.2, 0) is 6.42 Å². The quantitative estimate of drug-likeness (QED) is 0.0738. The molecule has 2 aromatic rings. The van der Waals surface area contributed by atoms with Gasteiger partial charge in [-0.1, -0.05) is 187 Å². The number of allylic oxidation sites excluding steroid dienone is 1. The maximum Gasteiger partial charge on any atom is 0.348 e. The van der Waals surface area contributed by atoms with Crippen molar-refractivity contribution in [3.8, 4) is 22.6 Å². The Balaban J connectivity index is 1.64. The third-order valence-electron chi connectivity index (χ3n) is 9.96. The molecule has 0 amide bonds. The van der Waals surface area contributed by atoms with Crippen LogP contribution in [0.3, 0.4) is 0 Å². The highest BCUT2D eigenvalue weighted by atomic mass is 16.4. The molecule has 2 aromatic heterocycles. The van der Waals surface area contributed by atoms with E-state index in [4.69, 9.17) is 8.83 Å². The highest BCUT2D eigenvalue weighted by Crippen LogP contribution is 2.32. The smallest absolute Gasteiger partial charge is 0.348 e. The van der Waals surface area contributed by atoms with Crippen molar-refractivity contribution in [3.63, 3.8) is 0 Å². The predicted molar refractivity (Wildman–Crippen MR) is 210 cm³/mol. The van der Waals surface area contributed by atoms with Gasteiger partial charge in [0.15, 0.2) is 0 Å². The Morgan fingerprint density at radius 1 is 0.480 bits per heavy atom. The van der Waals surface area contributed by atoms with Gasteiger partial charge in [-0.15, -0.1) is 0 Å². The van der Waals surface area contributed by atoms with Crippen LogP contribution in [0.2, 0.25) is 0 Å². The van der Waals surface area contributed by atoms with Crippen LogP contribution in [-0.4, -0.2) is 10.2 Å². The van der Waals surface area contributed by atoms with Gasteiger partial charge in [-0.3, -0.25) is 0 Å². The summed E-state index contributed by atoms with van der Waals surface area (Å²) in [6.07, 6.45) is 41.1. The monoisotopic (exact) mass is 697 g/mol. The number of rotatable bonds is 32. The highest BCUT2D eigenvalue weighted by molar-refractivity contribution is 5.73. The summed E-state index contributed by atoms with van der Waals surface area (Å²) in [5.74, 6) is -0.215. The molecule has 0 spiro atoms. The predicted octanol–water partition coefficient (Wildman–Crippen LogP) is 13.6. The van der Waals surface area contributed by atoms with E-state index in [1.54, 1.807) is 6.08 Å².